The average Bonchev–Trinajstić information content (AvgIpc) is 3.35. The molecular formula is C20H19N3OS3. The zero-order valence-electron chi connectivity index (χ0n) is 14.8. The minimum Gasteiger partial charge on any atom is -0.396 e. The molecule has 3 aromatic heterocycles. The van der Waals surface area contributed by atoms with Crippen LogP contribution in [0.3, 0.4) is 0 Å². The molecule has 0 spiro atoms. The minimum atomic E-state index is -1.33. The number of aromatic nitrogens is 1. The number of rotatable bonds is 6. The number of nitrogen functional groups attached to an aromatic ring is 1. The summed E-state index contributed by atoms with van der Waals surface area (Å²) >= 11 is 3.06. The molecule has 0 aliphatic carbocycles. The number of nitrogens with zero attached hydrogens (tertiary/aromatic N) is 1. The van der Waals surface area contributed by atoms with Crippen LogP contribution in [0.4, 0.5) is 5.69 Å². The van der Waals surface area contributed by atoms with Crippen LogP contribution in [-0.4, -0.2) is 15.7 Å². The van der Waals surface area contributed by atoms with Crippen molar-refractivity contribution in [2.24, 2.45) is 0 Å². The SMILES string of the molecule is CCCNS(=O)c1sc2nc(-c3cccs3)cc(-c3ccccc3)c2c1N. The van der Waals surface area contributed by atoms with E-state index in [0.717, 1.165) is 38.3 Å². The van der Waals surface area contributed by atoms with Crippen LogP contribution < -0.4 is 10.5 Å². The molecule has 0 radical (unpaired) electrons. The van der Waals surface area contributed by atoms with E-state index >= 15 is 0 Å². The van der Waals surface area contributed by atoms with Crippen LogP contribution in [-0.2, 0) is 11.0 Å². The Labute approximate surface area is 168 Å². The van der Waals surface area contributed by atoms with Crippen LogP contribution in [0.5, 0.6) is 0 Å². The molecule has 0 saturated heterocycles. The van der Waals surface area contributed by atoms with Crippen molar-refractivity contribution in [2.75, 3.05) is 12.3 Å². The summed E-state index contributed by atoms with van der Waals surface area (Å²) in [5.41, 5.74) is 10.0. The number of hydrogen-bond acceptors (Lipinski definition) is 5. The number of pyridine rings is 1. The Morgan fingerprint density at radius 2 is 2.00 bits per heavy atom. The molecule has 0 saturated carbocycles. The Morgan fingerprint density at radius 1 is 1.19 bits per heavy atom. The summed E-state index contributed by atoms with van der Waals surface area (Å²) in [6, 6.07) is 16.3. The lowest BCUT2D eigenvalue weighted by Gasteiger charge is -2.08. The third kappa shape index (κ3) is 3.55. The summed E-state index contributed by atoms with van der Waals surface area (Å²) in [6.07, 6.45) is 0.909. The fraction of sp³-hybridized carbons (Fsp3) is 0.150. The van der Waals surface area contributed by atoms with Gasteiger partial charge in [-0.25, -0.2) is 13.9 Å². The molecule has 1 atom stereocenters. The Balaban J connectivity index is 1.95. The zero-order chi connectivity index (χ0) is 18.8. The summed E-state index contributed by atoms with van der Waals surface area (Å²) in [6.45, 7) is 2.72. The van der Waals surface area contributed by atoms with E-state index in [9.17, 15) is 4.21 Å². The number of thiophene rings is 2. The van der Waals surface area contributed by atoms with Crippen LogP contribution in [0.2, 0.25) is 0 Å². The number of nitrogens with two attached hydrogens (primary N) is 1. The van der Waals surface area contributed by atoms with Crippen LogP contribution in [0, 0.1) is 0 Å². The molecule has 138 valence electrons. The molecule has 0 bridgehead atoms. The molecule has 0 aliphatic rings. The van der Waals surface area contributed by atoms with E-state index in [-0.39, 0.29) is 0 Å². The number of fused-ring (bicyclic) bond motifs is 1. The first-order valence-corrected chi connectivity index (χ1v) is 11.5. The number of anilines is 1. The molecule has 27 heavy (non-hydrogen) atoms. The first kappa shape index (κ1) is 18.3. The predicted molar refractivity (Wildman–Crippen MR) is 117 cm³/mol. The van der Waals surface area contributed by atoms with Gasteiger partial charge in [0.05, 0.1) is 16.3 Å². The molecule has 3 N–H and O–H groups in total. The molecule has 3 heterocycles. The van der Waals surface area contributed by atoms with Gasteiger partial charge in [-0.15, -0.1) is 22.7 Å². The van der Waals surface area contributed by atoms with Gasteiger partial charge < -0.3 is 5.73 Å². The van der Waals surface area contributed by atoms with E-state index in [4.69, 9.17) is 10.7 Å². The van der Waals surface area contributed by atoms with Gasteiger partial charge in [0.2, 0.25) is 0 Å². The standard InChI is InChI=1S/C20H19N3OS3/c1-2-10-22-27(24)20-18(21)17-14(13-7-4-3-5-8-13)12-15(23-19(17)26-20)16-9-6-11-25-16/h3-9,11-12,22H,2,10,21H2,1H3. The molecule has 1 aromatic carbocycles. The van der Waals surface area contributed by atoms with Crippen molar-refractivity contribution in [3.8, 4) is 21.7 Å². The maximum Gasteiger partial charge on any atom is 0.137 e. The molecule has 0 aliphatic heterocycles. The van der Waals surface area contributed by atoms with E-state index in [1.165, 1.54) is 11.3 Å². The summed E-state index contributed by atoms with van der Waals surface area (Å²) in [5.74, 6) is 0. The highest BCUT2D eigenvalue weighted by atomic mass is 32.2. The Hall–Kier alpha value is -2.06. The maximum atomic E-state index is 12.7. The van der Waals surface area contributed by atoms with E-state index in [1.54, 1.807) is 11.3 Å². The van der Waals surface area contributed by atoms with Crippen molar-refractivity contribution in [1.29, 1.82) is 0 Å². The predicted octanol–water partition coefficient (Wildman–Crippen LogP) is 5.30. The van der Waals surface area contributed by atoms with Gasteiger partial charge in [0.25, 0.3) is 0 Å². The largest absolute Gasteiger partial charge is 0.396 e. The highest BCUT2D eigenvalue weighted by Gasteiger charge is 2.20. The topological polar surface area (TPSA) is 68.0 Å². The molecular weight excluding hydrogens is 394 g/mol. The van der Waals surface area contributed by atoms with E-state index < -0.39 is 11.0 Å². The molecule has 4 aromatic rings. The highest BCUT2D eigenvalue weighted by Crippen LogP contribution is 2.42. The van der Waals surface area contributed by atoms with Crippen molar-refractivity contribution in [2.45, 2.75) is 17.6 Å². The third-order valence-electron chi connectivity index (χ3n) is 4.17. The normalized spacial score (nSPS) is 12.5. The Kier molecular flexibility index (Phi) is 5.36. The molecule has 1 unspecified atom stereocenters. The van der Waals surface area contributed by atoms with Crippen LogP contribution in [0.1, 0.15) is 13.3 Å². The Bertz CT molecular complexity index is 1090. The van der Waals surface area contributed by atoms with Crippen molar-refractivity contribution in [3.63, 3.8) is 0 Å². The molecule has 0 fully saturated rings. The van der Waals surface area contributed by atoms with Gasteiger partial charge >= 0.3 is 0 Å². The smallest absolute Gasteiger partial charge is 0.137 e. The van der Waals surface area contributed by atoms with Gasteiger partial charge in [0.15, 0.2) is 0 Å². The van der Waals surface area contributed by atoms with E-state index in [0.29, 0.717) is 16.4 Å². The monoisotopic (exact) mass is 413 g/mol. The lowest BCUT2D eigenvalue weighted by molar-refractivity contribution is 0.672. The fourth-order valence-electron chi connectivity index (χ4n) is 2.89. The summed E-state index contributed by atoms with van der Waals surface area (Å²) in [4.78, 5) is 6.76. The molecule has 4 nitrogen and oxygen atoms in total. The summed E-state index contributed by atoms with van der Waals surface area (Å²) in [5, 5.41) is 2.93. The highest BCUT2D eigenvalue weighted by molar-refractivity contribution is 7.85. The molecule has 7 heteroatoms. The summed E-state index contributed by atoms with van der Waals surface area (Å²) < 4.78 is 16.3. The lowest BCUT2D eigenvalue weighted by atomic mass is 10.0. The lowest BCUT2D eigenvalue weighted by Crippen LogP contribution is -2.17. The number of nitrogens with one attached hydrogen (secondary N) is 1. The van der Waals surface area contributed by atoms with Gasteiger partial charge in [0, 0.05) is 11.9 Å². The minimum absolute atomic E-state index is 0.556. The first-order chi connectivity index (χ1) is 13.2. The second-order valence-electron chi connectivity index (χ2n) is 6.04. The van der Waals surface area contributed by atoms with Gasteiger partial charge in [-0.2, -0.15) is 0 Å². The average molecular weight is 414 g/mol. The third-order valence-corrected chi connectivity index (χ3v) is 7.69. The van der Waals surface area contributed by atoms with Gasteiger partial charge in [-0.3, -0.25) is 0 Å². The molecule has 4 rings (SSSR count). The van der Waals surface area contributed by atoms with Crippen molar-refractivity contribution >= 4 is 49.6 Å². The van der Waals surface area contributed by atoms with Crippen molar-refractivity contribution in [1.82, 2.24) is 9.71 Å². The van der Waals surface area contributed by atoms with Crippen molar-refractivity contribution < 1.29 is 4.21 Å². The van der Waals surface area contributed by atoms with Crippen molar-refractivity contribution in [3.05, 3.63) is 53.9 Å². The second kappa shape index (κ2) is 7.90. The van der Waals surface area contributed by atoms with Crippen LogP contribution in [0.15, 0.2) is 58.1 Å². The summed E-state index contributed by atoms with van der Waals surface area (Å²) in [7, 11) is -1.33. The van der Waals surface area contributed by atoms with E-state index in [1.807, 2.05) is 36.6 Å². The van der Waals surface area contributed by atoms with Gasteiger partial charge in [0.1, 0.15) is 20.0 Å². The second-order valence-corrected chi connectivity index (χ2v) is 9.48. The van der Waals surface area contributed by atoms with Gasteiger partial charge in [-0.05, 0) is 35.1 Å². The Morgan fingerprint density at radius 3 is 2.70 bits per heavy atom. The zero-order valence-corrected chi connectivity index (χ0v) is 17.2. The van der Waals surface area contributed by atoms with Crippen LogP contribution >= 0.6 is 22.7 Å². The maximum absolute atomic E-state index is 12.7. The molecule has 0 amide bonds. The van der Waals surface area contributed by atoms with Crippen LogP contribution in [0.25, 0.3) is 31.9 Å². The first-order valence-electron chi connectivity index (χ1n) is 8.66. The van der Waals surface area contributed by atoms with E-state index in [2.05, 4.69) is 29.0 Å². The quantitative estimate of drug-likeness (QED) is 0.451. The number of benzene rings is 1. The number of hydrogen-bond donors (Lipinski definition) is 2. The fourth-order valence-corrected chi connectivity index (χ4v) is 5.97. The van der Waals surface area contributed by atoms with Gasteiger partial charge in [-0.1, -0.05) is 43.3 Å².